The first-order valence-corrected chi connectivity index (χ1v) is 5.81. The fourth-order valence-corrected chi connectivity index (χ4v) is 2.14. The Hall–Kier alpha value is -1.51. The van der Waals surface area contributed by atoms with Gasteiger partial charge in [0.15, 0.2) is 0 Å². The van der Waals surface area contributed by atoms with Crippen LogP contribution in [0.15, 0.2) is 24.3 Å². The average Bonchev–Trinajstić information content (AvgIpc) is 2.81. The van der Waals surface area contributed by atoms with Crippen molar-refractivity contribution in [3.8, 4) is 5.75 Å². The van der Waals surface area contributed by atoms with Crippen molar-refractivity contribution in [3.63, 3.8) is 0 Å². The first-order chi connectivity index (χ1) is 7.75. The summed E-state index contributed by atoms with van der Waals surface area (Å²) in [5, 5.41) is 12.1. The van der Waals surface area contributed by atoms with Gasteiger partial charge in [-0.25, -0.2) is 0 Å². The van der Waals surface area contributed by atoms with Crippen LogP contribution in [0.5, 0.6) is 5.75 Å². The van der Waals surface area contributed by atoms with Crippen LogP contribution in [0.3, 0.4) is 0 Å². The molecule has 1 aliphatic carbocycles. The van der Waals surface area contributed by atoms with E-state index in [0.29, 0.717) is 6.54 Å². The normalized spacial score (nSPS) is 16.2. The fraction of sp³-hybridized carbons (Fsp3) is 0.462. The van der Waals surface area contributed by atoms with Crippen LogP contribution in [-0.2, 0) is 11.3 Å². The molecule has 0 bridgehead atoms. The SMILES string of the molecule is O=C(NCc1ccc(O)cc1)C1CCCC1. The lowest BCUT2D eigenvalue weighted by atomic mass is 10.1. The van der Waals surface area contributed by atoms with E-state index in [2.05, 4.69) is 5.32 Å². The number of rotatable bonds is 3. The molecule has 16 heavy (non-hydrogen) atoms. The molecule has 0 radical (unpaired) electrons. The zero-order valence-electron chi connectivity index (χ0n) is 9.28. The zero-order chi connectivity index (χ0) is 11.4. The van der Waals surface area contributed by atoms with E-state index in [9.17, 15) is 4.79 Å². The molecule has 2 rings (SSSR count). The smallest absolute Gasteiger partial charge is 0.223 e. The molecule has 0 atom stereocenters. The number of carbonyl (C=O) groups is 1. The average molecular weight is 219 g/mol. The maximum Gasteiger partial charge on any atom is 0.223 e. The van der Waals surface area contributed by atoms with Gasteiger partial charge in [0.05, 0.1) is 0 Å². The lowest BCUT2D eigenvalue weighted by Gasteiger charge is -2.10. The minimum atomic E-state index is 0.172. The number of phenols is 1. The third kappa shape index (κ3) is 2.75. The molecule has 0 heterocycles. The molecule has 1 aromatic carbocycles. The van der Waals surface area contributed by atoms with E-state index >= 15 is 0 Å². The molecule has 0 saturated heterocycles. The summed E-state index contributed by atoms with van der Waals surface area (Å²) in [5.74, 6) is 0.647. The molecular formula is C13H17NO2. The van der Waals surface area contributed by atoms with Gasteiger partial charge in [-0.2, -0.15) is 0 Å². The highest BCUT2D eigenvalue weighted by Gasteiger charge is 2.21. The lowest BCUT2D eigenvalue weighted by Crippen LogP contribution is -2.28. The van der Waals surface area contributed by atoms with Gasteiger partial charge < -0.3 is 10.4 Å². The van der Waals surface area contributed by atoms with Gasteiger partial charge in [-0.3, -0.25) is 4.79 Å². The standard InChI is InChI=1S/C13H17NO2/c15-12-7-5-10(6-8-12)9-14-13(16)11-3-1-2-4-11/h5-8,11,15H,1-4,9H2,(H,14,16). The molecule has 0 spiro atoms. The van der Waals surface area contributed by atoms with E-state index in [0.717, 1.165) is 18.4 Å². The Morgan fingerprint density at radius 2 is 1.88 bits per heavy atom. The number of hydrogen-bond donors (Lipinski definition) is 2. The quantitative estimate of drug-likeness (QED) is 0.818. The van der Waals surface area contributed by atoms with Crippen molar-refractivity contribution in [1.82, 2.24) is 5.32 Å². The Morgan fingerprint density at radius 1 is 1.25 bits per heavy atom. The van der Waals surface area contributed by atoms with Gasteiger partial charge in [-0.1, -0.05) is 25.0 Å². The number of phenolic OH excluding ortho intramolecular Hbond substituents is 1. The van der Waals surface area contributed by atoms with Gasteiger partial charge in [0.25, 0.3) is 0 Å². The zero-order valence-corrected chi connectivity index (χ0v) is 9.28. The van der Waals surface area contributed by atoms with Crippen molar-refractivity contribution in [2.75, 3.05) is 0 Å². The molecule has 2 N–H and O–H groups in total. The van der Waals surface area contributed by atoms with E-state index in [1.807, 2.05) is 12.1 Å². The first kappa shape index (κ1) is 11.0. The van der Waals surface area contributed by atoms with Gasteiger partial charge >= 0.3 is 0 Å². The summed E-state index contributed by atoms with van der Waals surface area (Å²) in [6.45, 7) is 0.551. The monoisotopic (exact) mass is 219 g/mol. The van der Waals surface area contributed by atoms with Gasteiger partial charge in [-0.15, -0.1) is 0 Å². The van der Waals surface area contributed by atoms with Gasteiger partial charge in [-0.05, 0) is 30.5 Å². The van der Waals surface area contributed by atoms with Crippen LogP contribution in [0.4, 0.5) is 0 Å². The highest BCUT2D eigenvalue weighted by Crippen LogP contribution is 2.24. The summed E-state index contributed by atoms with van der Waals surface area (Å²) in [4.78, 5) is 11.7. The molecule has 1 fully saturated rings. The van der Waals surface area contributed by atoms with E-state index in [1.165, 1.54) is 12.8 Å². The minimum Gasteiger partial charge on any atom is -0.508 e. The van der Waals surface area contributed by atoms with Crippen LogP contribution in [0, 0.1) is 5.92 Å². The third-order valence-electron chi connectivity index (χ3n) is 3.13. The van der Waals surface area contributed by atoms with Crippen molar-refractivity contribution in [2.45, 2.75) is 32.2 Å². The van der Waals surface area contributed by atoms with Crippen LogP contribution in [0.1, 0.15) is 31.2 Å². The van der Waals surface area contributed by atoms with Gasteiger partial charge in [0.2, 0.25) is 5.91 Å². The number of amides is 1. The summed E-state index contributed by atoms with van der Waals surface area (Å²) < 4.78 is 0. The van der Waals surface area contributed by atoms with Crippen molar-refractivity contribution >= 4 is 5.91 Å². The van der Waals surface area contributed by atoms with Crippen molar-refractivity contribution in [3.05, 3.63) is 29.8 Å². The number of benzene rings is 1. The van der Waals surface area contributed by atoms with E-state index in [1.54, 1.807) is 12.1 Å². The summed E-state index contributed by atoms with van der Waals surface area (Å²) >= 11 is 0. The molecule has 3 nitrogen and oxygen atoms in total. The number of carbonyl (C=O) groups excluding carboxylic acids is 1. The van der Waals surface area contributed by atoms with E-state index < -0.39 is 0 Å². The van der Waals surface area contributed by atoms with E-state index in [4.69, 9.17) is 5.11 Å². The second kappa shape index (κ2) is 5.01. The fourth-order valence-electron chi connectivity index (χ4n) is 2.14. The number of aromatic hydroxyl groups is 1. The first-order valence-electron chi connectivity index (χ1n) is 5.81. The summed E-state index contributed by atoms with van der Waals surface area (Å²) in [7, 11) is 0. The Bertz CT molecular complexity index is 353. The predicted octanol–water partition coefficient (Wildman–Crippen LogP) is 2.20. The molecule has 3 heteroatoms. The van der Waals surface area contributed by atoms with Gasteiger partial charge in [0, 0.05) is 12.5 Å². The summed E-state index contributed by atoms with van der Waals surface area (Å²) in [5.41, 5.74) is 1.02. The summed E-state index contributed by atoms with van der Waals surface area (Å²) in [6, 6.07) is 6.92. The number of hydrogen-bond acceptors (Lipinski definition) is 2. The predicted molar refractivity (Wildman–Crippen MR) is 61.9 cm³/mol. The van der Waals surface area contributed by atoms with Crippen LogP contribution < -0.4 is 5.32 Å². The molecule has 0 aliphatic heterocycles. The number of nitrogens with one attached hydrogen (secondary N) is 1. The van der Waals surface area contributed by atoms with Crippen molar-refractivity contribution in [2.24, 2.45) is 5.92 Å². The largest absolute Gasteiger partial charge is 0.508 e. The maximum absolute atomic E-state index is 11.7. The lowest BCUT2D eigenvalue weighted by molar-refractivity contribution is -0.124. The second-order valence-corrected chi connectivity index (χ2v) is 4.37. The van der Waals surface area contributed by atoms with Gasteiger partial charge in [0.1, 0.15) is 5.75 Å². The molecular weight excluding hydrogens is 202 g/mol. The second-order valence-electron chi connectivity index (χ2n) is 4.37. The Morgan fingerprint density at radius 3 is 2.50 bits per heavy atom. The molecule has 0 unspecified atom stereocenters. The molecule has 1 saturated carbocycles. The van der Waals surface area contributed by atoms with Crippen LogP contribution in [0.25, 0.3) is 0 Å². The minimum absolute atomic E-state index is 0.172. The molecule has 0 aromatic heterocycles. The highest BCUT2D eigenvalue weighted by atomic mass is 16.3. The van der Waals surface area contributed by atoms with Crippen LogP contribution in [-0.4, -0.2) is 11.0 Å². The highest BCUT2D eigenvalue weighted by molar-refractivity contribution is 5.78. The topological polar surface area (TPSA) is 49.3 Å². The van der Waals surface area contributed by atoms with Crippen molar-refractivity contribution in [1.29, 1.82) is 0 Å². The third-order valence-corrected chi connectivity index (χ3v) is 3.13. The van der Waals surface area contributed by atoms with E-state index in [-0.39, 0.29) is 17.6 Å². The van der Waals surface area contributed by atoms with Crippen LogP contribution >= 0.6 is 0 Å². The Balaban J connectivity index is 1.82. The molecule has 86 valence electrons. The molecule has 1 aromatic rings. The molecule has 1 aliphatic rings. The maximum atomic E-state index is 11.7. The van der Waals surface area contributed by atoms with Crippen LogP contribution in [0.2, 0.25) is 0 Å². The Kier molecular flexibility index (Phi) is 3.44. The molecule has 1 amide bonds. The Labute approximate surface area is 95.5 Å². The summed E-state index contributed by atoms with van der Waals surface area (Å²) in [6.07, 6.45) is 4.41. The van der Waals surface area contributed by atoms with Crippen molar-refractivity contribution < 1.29 is 9.90 Å².